The highest BCUT2D eigenvalue weighted by molar-refractivity contribution is 6.09. The number of fused-ring (bicyclic) bond motifs is 2. The molecule has 0 spiro atoms. The lowest BCUT2D eigenvalue weighted by Gasteiger charge is -2.32. The van der Waals surface area contributed by atoms with E-state index in [4.69, 9.17) is 4.74 Å². The third kappa shape index (κ3) is 3.74. The van der Waals surface area contributed by atoms with Gasteiger partial charge in [0.2, 0.25) is 0 Å². The van der Waals surface area contributed by atoms with Gasteiger partial charge in [0, 0.05) is 41.5 Å². The topological polar surface area (TPSA) is 65.2 Å². The van der Waals surface area contributed by atoms with E-state index >= 15 is 0 Å². The van der Waals surface area contributed by atoms with Crippen LogP contribution >= 0.6 is 0 Å². The van der Waals surface area contributed by atoms with Gasteiger partial charge in [-0.25, -0.2) is 9.36 Å². The molecule has 0 atom stereocenters. The zero-order valence-electron chi connectivity index (χ0n) is 20.2. The summed E-state index contributed by atoms with van der Waals surface area (Å²) in [4.78, 5) is 15.4. The van der Waals surface area contributed by atoms with Gasteiger partial charge < -0.3 is 9.64 Å². The molecule has 38 heavy (non-hydrogen) atoms. The first kappa shape index (κ1) is 21.8. The van der Waals surface area contributed by atoms with Gasteiger partial charge >= 0.3 is 0 Å². The van der Waals surface area contributed by atoms with Gasteiger partial charge in [-0.05, 0) is 78.9 Å². The molecule has 6 aromatic rings. The van der Waals surface area contributed by atoms with Crippen LogP contribution in [-0.4, -0.2) is 25.3 Å². The van der Waals surface area contributed by atoms with Crippen LogP contribution < -0.4 is 9.64 Å². The van der Waals surface area contributed by atoms with Gasteiger partial charge in [-0.3, -0.25) is 4.79 Å². The highest BCUT2D eigenvalue weighted by Crippen LogP contribution is 2.49. The van der Waals surface area contributed by atoms with Crippen molar-refractivity contribution in [3.8, 4) is 23.0 Å². The van der Waals surface area contributed by atoms with E-state index in [2.05, 4.69) is 15.1 Å². The Balaban J connectivity index is 1.14. The van der Waals surface area contributed by atoms with Crippen molar-refractivity contribution >= 4 is 22.8 Å². The van der Waals surface area contributed by atoms with Crippen molar-refractivity contribution in [1.82, 2.24) is 19.6 Å². The van der Waals surface area contributed by atoms with Crippen molar-refractivity contribution in [3.63, 3.8) is 0 Å². The normalized spacial score (nSPS) is 11.9. The van der Waals surface area contributed by atoms with Crippen LogP contribution in [0.5, 0.6) is 11.5 Å². The number of aromatic nitrogens is 4. The number of para-hydroxylation sites is 4. The molecule has 0 N–H and O–H groups in total. The van der Waals surface area contributed by atoms with Crippen LogP contribution in [0.2, 0.25) is 0 Å². The molecule has 0 bridgehead atoms. The minimum absolute atomic E-state index is 0.0384. The summed E-state index contributed by atoms with van der Waals surface area (Å²) in [6.45, 7) is 0. The summed E-state index contributed by atoms with van der Waals surface area (Å²) >= 11 is 0. The van der Waals surface area contributed by atoms with Gasteiger partial charge in [-0.2, -0.15) is 5.10 Å². The number of nitrogens with zero attached hydrogens (tertiary/aromatic N) is 5. The fraction of sp³-hybridized carbons (Fsp3) is 0. The molecule has 1 aliphatic heterocycles. The summed E-state index contributed by atoms with van der Waals surface area (Å²) < 4.78 is 9.57. The fourth-order valence-corrected chi connectivity index (χ4v) is 4.66. The molecule has 3 heterocycles. The Morgan fingerprint density at radius 3 is 1.82 bits per heavy atom. The monoisotopic (exact) mass is 495 g/mol. The molecular weight excluding hydrogens is 474 g/mol. The maximum Gasteiger partial charge on any atom is 0.193 e. The van der Waals surface area contributed by atoms with Gasteiger partial charge in [-0.15, -0.1) is 5.10 Å². The van der Waals surface area contributed by atoms with E-state index in [0.29, 0.717) is 11.1 Å². The molecule has 7 nitrogen and oxygen atoms in total. The predicted molar refractivity (Wildman–Crippen MR) is 145 cm³/mol. The second kappa shape index (κ2) is 8.90. The molecule has 182 valence electrons. The Morgan fingerprint density at radius 1 is 0.605 bits per heavy atom. The Morgan fingerprint density at radius 2 is 1.21 bits per heavy atom. The maximum absolute atomic E-state index is 13.3. The highest BCUT2D eigenvalue weighted by atomic mass is 16.5. The van der Waals surface area contributed by atoms with Crippen LogP contribution in [0.4, 0.5) is 17.1 Å². The van der Waals surface area contributed by atoms with Crippen LogP contribution in [0.15, 0.2) is 128 Å². The number of hydrogen-bond donors (Lipinski definition) is 0. The SMILES string of the molecule is O=C(c1ccc(N2c3ccccc3Oc3ccccc32)cc1)c1ccc(-n2ccc(-n3cccn3)n2)cc1. The largest absolute Gasteiger partial charge is 0.453 e. The smallest absolute Gasteiger partial charge is 0.193 e. The van der Waals surface area contributed by atoms with Crippen LogP contribution in [0, 0.1) is 0 Å². The van der Waals surface area contributed by atoms with E-state index in [1.165, 1.54) is 0 Å². The van der Waals surface area contributed by atoms with Crippen molar-refractivity contribution < 1.29 is 9.53 Å². The average molecular weight is 496 g/mol. The zero-order chi connectivity index (χ0) is 25.5. The predicted octanol–water partition coefficient (Wildman–Crippen LogP) is 6.86. The first-order chi connectivity index (χ1) is 18.7. The fourth-order valence-electron chi connectivity index (χ4n) is 4.66. The van der Waals surface area contributed by atoms with E-state index in [1.54, 1.807) is 15.6 Å². The molecule has 0 saturated carbocycles. The lowest BCUT2D eigenvalue weighted by molar-refractivity contribution is 0.103. The lowest BCUT2D eigenvalue weighted by Crippen LogP contribution is -2.15. The number of carbonyl (C=O) groups excluding carboxylic acids is 1. The van der Waals surface area contributed by atoms with Gasteiger partial charge in [0.1, 0.15) is 0 Å². The first-order valence-corrected chi connectivity index (χ1v) is 12.2. The summed E-state index contributed by atoms with van der Waals surface area (Å²) in [6, 6.07) is 34.8. The number of benzene rings is 4. The van der Waals surface area contributed by atoms with Crippen LogP contribution in [0.3, 0.4) is 0 Å². The lowest BCUT2D eigenvalue weighted by atomic mass is 10.0. The average Bonchev–Trinajstić information content (AvgIpc) is 3.69. The van der Waals surface area contributed by atoms with Gasteiger partial charge in [0.15, 0.2) is 23.1 Å². The molecule has 0 amide bonds. The Bertz CT molecular complexity index is 1710. The van der Waals surface area contributed by atoms with Crippen molar-refractivity contribution in [2.45, 2.75) is 0 Å². The third-order valence-corrected chi connectivity index (χ3v) is 6.53. The van der Waals surface area contributed by atoms with Crippen LogP contribution in [0.25, 0.3) is 11.5 Å². The van der Waals surface area contributed by atoms with E-state index in [9.17, 15) is 4.79 Å². The van der Waals surface area contributed by atoms with Crippen molar-refractivity contribution in [3.05, 3.63) is 139 Å². The molecular formula is C31H21N5O2. The molecule has 0 unspecified atom stereocenters. The standard InChI is InChI=1S/C31H21N5O2/c37-31(22-10-14-24(15-11-22)34-21-18-30(33-34)35-20-5-19-32-35)23-12-16-25(17-13-23)36-26-6-1-3-8-28(26)38-29-9-4-2-7-27(29)36/h1-21H. The number of anilines is 3. The Labute approximate surface area is 218 Å². The second-order valence-corrected chi connectivity index (χ2v) is 8.86. The molecule has 0 aliphatic carbocycles. The maximum atomic E-state index is 13.3. The summed E-state index contributed by atoms with van der Waals surface area (Å²) in [5.41, 5.74) is 4.96. The molecule has 7 rings (SSSR count). The van der Waals surface area contributed by atoms with Gasteiger partial charge in [0.25, 0.3) is 0 Å². The van der Waals surface area contributed by atoms with E-state index in [-0.39, 0.29) is 5.78 Å². The Hall–Kier alpha value is -5.43. The molecule has 4 aromatic carbocycles. The summed E-state index contributed by atoms with van der Waals surface area (Å²) in [5.74, 6) is 2.27. The van der Waals surface area contributed by atoms with E-state index in [0.717, 1.165) is 40.1 Å². The molecule has 0 fully saturated rings. The van der Waals surface area contributed by atoms with Gasteiger partial charge in [-0.1, -0.05) is 24.3 Å². The third-order valence-electron chi connectivity index (χ3n) is 6.53. The highest BCUT2D eigenvalue weighted by Gasteiger charge is 2.25. The number of hydrogen-bond acceptors (Lipinski definition) is 5. The van der Waals surface area contributed by atoms with Crippen LogP contribution in [0.1, 0.15) is 15.9 Å². The molecule has 2 aromatic heterocycles. The molecule has 1 aliphatic rings. The number of ether oxygens (including phenoxy) is 1. The van der Waals surface area contributed by atoms with E-state index in [1.807, 2.05) is 122 Å². The summed E-state index contributed by atoms with van der Waals surface area (Å²) in [5, 5.41) is 8.77. The van der Waals surface area contributed by atoms with Crippen molar-refractivity contribution in [1.29, 1.82) is 0 Å². The van der Waals surface area contributed by atoms with Crippen molar-refractivity contribution in [2.75, 3.05) is 4.90 Å². The summed E-state index contributed by atoms with van der Waals surface area (Å²) in [6.07, 6.45) is 5.43. The van der Waals surface area contributed by atoms with Gasteiger partial charge in [0.05, 0.1) is 17.1 Å². The van der Waals surface area contributed by atoms with E-state index < -0.39 is 0 Å². The first-order valence-electron chi connectivity index (χ1n) is 12.2. The van der Waals surface area contributed by atoms with Crippen molar-refractivity contribution in [2.24, 2.45) is 0 Å². The number of rotatable bonds is 5. The minimum atomic E-state index is -0.0384. The quantitative estimate of drug-likeness (QED) is 0.244. The minimum Gasteiger partial charge on any atom is -0.453 e. The molecule has 0 radical (unpaired) electrons. The second-order valence-electron chi connectivity index (χ2n) is 8.86. The molecule has 0 saturated heterocycles. The summed E-state index contributed by atoms with van der Waals surface area (Å²) in [7, 11) is 0. The number of ketones is 1. The Kier molecular flexibility index (Phi) is 5.11. The number of carbonyl (C=O) groups is 1. The zero-order valence-corrected chi connectivity index (χ0v) is 20.2. The molecule has 7 heteroatoms. The van der Waals surface area contributed by atoms with Crippen LogP contribution in [-0.2, 0) is 0 Å².